The Hall–Kier alpha value is -1.11. The number of nitrogens with zero attached hydrogens (tertiary/aromatic N) is 1. The maximum Gasteiger partial charge on any atom is 0.222 e. The van der Waals surface area contributed by atoms with Crippen molar-refractivity contribution in [3.8, 4) is 6.07 Å². The number of nitriles is 1. The lowest BCUT2D eigenvalue weighted by molar-refractivity contribution is -0.126. The minimum Gasteiger partial charge on any atom is -0.353 e. The SMILES string of the molecule is CC(C)C(=O)N[C@H]1C[C@@](F)(C#N)C1. The quantitative estimate of drug-likeness (QED) is 0.700. The number of rotatable bonds is 2. The molecule has 0 unspecified atom stereocenters. The second kappa shape index (κ2) is 3.33. The molecule has 1 saturated carbocycles. The highest BCUT2D eigenvalue weighted by atomic mass is 19.1. The van der Waals surface area contributed by atoms with Gasteiger partial charge < -0.3 is 5.32 Å². The first-order valence-corrected chi connectivity index (χ1v) is 4.37. The van der Waals surface area contributed by atoms with Crippen LogP contribution in [0, 0.1) is 17.2 Å². The van der Waals surface area contributed by atoms with Crippen LogP contribution < -0.4 is 5.32 Å². The zero-order chi connectivity index (χ0) is 10.1. The molecule has 1 aliphatic rings. The van der Waals surface area contributed by atoms with E-state index in [1.165, 1.54) is 0 Å². The number of amides is 1. The molecule has 1 aliphatic carbocycles. The Labute approximate surface area is 76.9 Å². The van der Waals surface area contributed by atoms with Crippen LogP contribution in [0.4, 0.5) is 4.39 Å². The molecule has 0 saturated heterocycles. The first-order chi connectivity index (χ1) is 5.97. The van der Waals surface area contributed by atoms with Crippen LogP contribution in [0.1, 0.15) is 26.7 Å². The molecule has 0 bridgehead atoms. The van der Waals surface area contributed by atoms with Crippen LogP contribution in [0.15, 0.2) is 0 Å². The van der Waals surface area contributed by atoms with Crippen molar-refractivity contribution in [2.45, 2.75) is 38.4 Å². The van der Waals surface area contributed by atoms with E-state index in [1.54, 1.807) is 19.9 Å². The minimum atomic E-state index is -1.70. The molecule has 1 N–H and O–H groups in total. The van der Waals surface area contributed by atoms with Gasteiger partial charge >= 0.3 is 0 Å². The van der Waals surface area contributed by atoms with Crippen molar-refractivity contribution in [3.05, 3.63) is 0 Å². The highest BCUT2D eigenvalue weighted by molar-refractivity contribution is 5.78. The van der Waals surface area contributed by atoms with Gasteiger partial charge in [-0.25, -0.2) is 4.39 Å². The van der Waals surface area contributed by atoms with Gasteiger partial charge in [-0.2, -0.15) is 5.26 Å². The van der Waals surface area contributed by atoms with E-state index in [0.29, 0.717) is 0 Å². The highest BCUT2D eigenvalue weighted by Gasteiger charge is 2.45. The molecule has 0 atom stereocenters. The number of hydrogen-bond acceptors (Lipinski definition) is 2. The molecule has 0 aromatic carbocycles. The monoisotopic (exact) mass is 184 g/mol. The smallest absolute Gasteiger partial charge is 0.222 e. The summed E-state index contributed by atoms with van der Waals surface area (Å²) in [7, 11) is 0. The Morgan fingerprint density at radius 3 is 2.62 bits per heavy atom. The molecule has 13 heavy (non-hydrogen) atoms. The van der Waals surface area contributed by atoms with Crippen LogP contribution in [-0.4, -0.2) is 17.6 Å². The van der Waals surface area contributed by atoms with Gasteiger partial charge in [0, 0.05) is 24.8 Å². The van der Waals surface area contributed by atoms with Crippen molar-refractivity contribution in [3.63, 3.8) is 0 Å². The molecule has 1 fully saturated rings. The summed E-state index contributed by atoms with van der Waals surface area (Å²) in [5.41, 5.74) is -1.70. The van der Waals surface area contributed by atoms with Crippen LogP contribution in [0.25, 0.3) is 0 Å². The molecule has 0 heterocycles. The number of alkyl halides is 1. The lowest BCUT2D eigenvalue weighted by Gasteiger charge is -2.36. The molecule has 0 aliphatic heterocycles. The van der Waals surface area contributed by atoms with Crippen molar-refractivity contribution in [2.75, 3.05) is 0 Å². The van der Waals surface area contributed by atoms with Gasteiger partial charge in [0.05, 0.1) is 0 Å². The first-order valence-electron chi connectivity index (χ1n) is 4.37. The third-order valence-corrected chi connectivity index (χ3v) is 2.21. The molecule has 4 heteroatoms. The van der Waals surface area contributed by atoms with Gasteiger partial charge in [-0.15, -0.1) is 0 Å². The third-order valence-electron chi connectivity index (χ3n) is 2.21. The van der Waals surface area contributed by atoms with Crippen molar-refractivity contribution in [1.29, 1.82) is 5.26 Å². The van der Waals surface area contributed by atoms with E-state index in [4.69, 9.17) is 5.26 Å². The number of carbonyl (C=O) groups excluding carboxylic acids is 1. The van der Waals surface area contributed by atoms with Crippen LogP contribution in [0.3, 0.4) is 0 Å². The number of nitrogens with one attached hydrogen (secondary N) is 1. The molecule has 72 valence electrons. The number of carbonyl (C=O) groups is 1. The molecule has 3 nitrogen and oxygen atoms in total. The van der Waals surface area contributed by atoms with E-state index >= 15 is 0 Å². The standard InChI is InChI=1S/C9H13FN2O/c1-6(2)8(13)12-7-3-9(10,4-7)5-11/h6-7H,3-4H2,1-2H3,(H,12,13)/t7-,9-. The molecule has 0 aromatic heterocycles. The predicted molar refractivity (Wildman–Crippen MR) is 45.5 cm³/mol. The summed E-state index contributed by atoms with van der Waals surface area (Å²) in [5.74, 6) is -0.165. The molecule has 0 spiro atoms. The summed E-state index contributed by atoms with van der Waals surface area (Å²) in [4.78, 5) is 11.1. The van der Waals surface area contributed by atoms with Gasteiger partial charge in [0.2, 0.25) is 5.91 Å². The third kappa shape index (κ3) is 2.18. The molecular weight excluding hydrogens is 171 g/mol. The summed E-state index contributed by atoms with van der Waals surface area (Å²) in [6.45, 7) is 3.56. The molecule has 0 aromatic rings. The van der Waals surface area contributed by atoms with Crippen LogP contribution in [-0.2, 0) is 4.79 Å². The predicted octanol–water partition coefficient (Wildman–Crippen LogP) is 1.15. The van der Waals surface area contributed by atoms with E-state index in [9.17, 15) is 9.18 Å². The summed E-state index contributed by atoms with van der Waals surface area (Å²) in [6, 6.07) is 1.44. The van der Waals surface area contributed by atoms with Crippen LogP contribution in [0.5, 0.6) is 0 Å². The van der Waals surface area contributed by atoms with Gasteiger partial charge in [0.25, 0.3) is 0 Å². The largest absolute Gasteiger partial charge is 0.353 e. The van der Waals surface area contributed by atoms with Crippen molar-refractivity contribution >= 4 is 5.91 Å². The Balaban J connectivity index is 2.31. The summed E-state index contributed by atoms with van der Waals surface area (Å²) in [6.07, 6.45) is 0.254. The lowest BCUT2D eigenvalue weighted by Crippen LogP contribution is -2.52. The van der Waals surface area contributed by atoms with E-state index in [-0.39, 0.29) is 30.7 Å². The fourth-order valence-corrected chi connectivity index (χ4v) is 1.28. The summed E-state index contributed by atoms with van der Waals surface area (Å²) >= 11 is 0. The maximum atomic E-state index is 13.0. The number of hydrogen-bond donors (Lipinski definition) is 1. The van der Waals surface area contributed by atoms with Crippen LogP contribution >= 0.6 is 0 Å². The zero-order valence-electron chi connectivity index (χ0n) is 7.80. The minimum absolute atomic E-state index is 0.0787. The van der Waals surface area contributed by atoms with Gasteiger partial charge in [0.15, 0.2) is 5.67 Å². The summed E-state index contributed by atoms with van der Waals surface area (Å²) in [5, 5.41) is 11.0. The maximum absolute atomic E-state index is 13.0. The van der Waals surface area contributed by atoms with Crippen molar-refractivity contribution in [1.82, 2.24) is 5.32 Å². The average molecular weight is 184 g/mol. The Kier molecular flexibility index (Phi) is 2.55. The van der Waals surface area contributed by atoms with Crippen LogP contribution in [0.2, 0.25) is 0 Å². The van der Waals surface area contributed by atoms with E-state index in [1.807, 2.05) is 0 Å². The topological polar surface area (TPSA) is 52.9 Å². The normalized spacial score (nSPS) is 32.1. The van der Waals surface area contributed by atoms with Gasteiger partial charge in [0.1, 0.15) is 6.07 Å². The van der Waals surface area contributed by atoms with E-state index in [0.717, 1.165) is 0 Å². The average Bonchev–Trinajstić information content (AvgIpc) is 2.01. The fourth-order valence-electron chi connectivity index (χ4n) is 1.28. The molecule has 1 rings (SSSR count). The molecule has 1 amide bonds. The van der Waals surface area contributed by atoms with E-state index < -0.39 is 5.67 Å². The number of halogens is 1. The Morgan fingerprint density at radius 2 is 2.23 bits per heavy atom. The van der Waals surface area contributed by atoms with Crippen molar-refractivity contribution in [2.24, 2.45) is 5.92 Å². The van der Waals surface area contributed by atoms with Gasteiger partial charge in [-0.3, -0.25) is 4.79 Å². The Bertz CT molecular complexity index is 251. The van der Waals surface area contributed by atoms with Crippen molar-refractivity contribution < 1.29 is 9.18 Å². The second-order valence-electron chi connectivity index (χ2n) is 3.85. The first kappa shape index (κ1) is 9.97. The molecule has 0 radical (unpaired) electrons. The lowest BCUT2D eigenvalue weighted by atomic mass is 9.78. The molecular formula is C9H13FN2O. The van der Waals surface area contributed by atoms with E-state index in [2.05, 4.69) is 5.32 Å². The van der Waals surface area contributed by atoms with Gasteiger partial charge in [-0.05, 0) is 0 Å². The highest BCUT2D eigenvalue weighted by Crippen LogP contribution is 2.35. The van der Waals surface area contributed by atoms with Gasteiger partial charge in [-0.1, -0.05) is 13.8 Å². The zero-order valence-corrected chi connectivity index (χ0v) is 7.80. The summed E-state index contributed by atoms with van der Waals surface area (Å²) < 4.78 is 13.0. The fraction of sp³-hybridized carbons (Fsp3) is 0.778. The Morgan fingerprint density at radius 1 is 1.69 bits per heavy atom. The second-order valence-corrected chi connectivity index (χ2v) is 3.85.